The van der Waals surface area contributed by atoms with Gasteiger partial charge in [-0.15, -0.1) is 0 Å². The molecule has 120 valence electrons. The molecule has 2 heterocycles. The first-order valence-electron chi connectivity index (χ1n) is 8.30. The molecule has 2 rings (SSSR count). The van der Waals surface area contributed by atoms with Gasteiger partial charge in [-0.1, -0.05) is 31.9 Å². The van der Waals surface area contributed by atoms with Crippen LogP contribution in [-0.2, 0) is 19.4 Å². The third-order valence-electron chi connectivity index (χ3n) is 4.24. The Bertz CT molecular complexity index is 441. The normalized spacial score (nSPS) is 20.7. The highest BCUT2D eigenvalue weighted by atomic mass is 35.5. The van der Waals surface area contributed by atoms with Gasteiger partial charge in [-0.25, -0.2) is 0 Å². The number of nitrogens with one attached hydrogen (secondary N) is 1. The Morgan fingerprint density at radius 3 is 2.76 bits per heavy atom. The van der Waals surface area contributed by atoms with Crippen LogP contribution in [0.3, 0.4) is 0 Å². The number of aryl methyl sites for hydroxylation is 2. The Morgan fingerprint density at radius 1 is 1.38 bits per heavy atom. The van der Waals surface area contributed by atoms with E-state index in [1.54, 1.807) is 0 Å². The van der Waals surface area contributed by atoms with E-state index >= 15 is 0 Å². The van der Waals surface area contributed by atoms with Crippen LogP contribution in [0.25, 0.3) is 0 Å². The van der Waals surface area contributed by atoms with Gasteiger partial charge in [-0.2, -0.15) is 16.9 Å². The van der Waals surface area contributed by atoms with Gasteiger partial charge in [-0.05, 0) is 38.5 Å². The summed E-state index contributed by atoms with van der Waals surface area (Å²) in [6.07, 6.45) is 5.95. The van der Waals surface area contributed by atoms with Crippen molar-refractivity contribution in [3.63, 3.8) is 0 Å². The third-order valence-corrected chi connectivity index (χ3v) is 6.19. The number of likely N-dealkylation sites (N-methyl/N-ethyl adjacent to an activating group) is 1. The standard InChI is InChI=1S/C16H28ClN3S/c1-4-12-16(17)14(20(6-3)19-12)11-13(18-5-2)15-9-7-8-10-21-15/h13,15,18H,4-11H2,1-3H3. The van der Waals surface area contributed by atoms with Crippen molar-refractivity contribution in [3.05, 3.63) is 16.4 Å². The molecule has 2 unspecified atom stereocenters. The first-order valence-corrected chi connectivity index (χ1v) is 9.72. The minimum absolute atomic E-state index is 0.504. The molecule has 1 fully saturated rings. The molecule has 0 aromatic carbocycles. The van der Waals surface area contributed by atoms with Crippen LogP contribution in [0.15, 0.2) is 0 Å². The zero-order valence-corrected chi connectivity index (χ0v) is 15.1. The minimum Gasteiger partial charge on any atom is -0.313 e. The Morgan fingerprint density at radius 2 is 2.19 bits per heavy atom. The lowest BCUT2D eigenvalue weighted by atomic mass is 10.0. The second-order valence-corrected chi connectivity index (χ2v) is 7.38. The molecule has 0 bridgehead atoms. The molecule has 1 aromatic heterocycles. The van der Waals surface area contributed by atoms with E-state index < -0.39 is 0 Å². The van der Waals surface area contributed by atoms with Crippen molar-refractivity contribution in [2.75, 3.05) is 12.3 Å². The van der Waals surface area contributed by atoms with Gasteiger partial charge >= 0.3 is 0 Å². The summed E-state index contributed by atoms with van der Waals surface area (Å²) in [5.74, 6) is 1.30. The summed E-state index contributed by atoms with van der Waals surface area (Å²) in [5, 5.41) is 9.94. The third kappa shape index (κ3) is 4.17. The predicted molar refractivity (Wildman–Crippen MR) is 93.6 cm³/mol. The van der Waals surface area contributed by atoms with Crippen LogP contribution >= 0.6 is 23.4 Å². The number of hydrogen-bond donors (Lipinski definition) is 1. The number of hydrogen-bond acceptors (Lipinski definition) is 3. The molecule has 1 N–H and O–H groups in total. The molecule has 0 amide bonds. The number of halogens is 1. The highest BCUT2D eigenvalue weighted by Crippen LogP contribution is 2.31. The van der Waals surface area contributed by atoms with E-state index in [0.29, 0.717) is 11.3 Å². The molecule has 3 nitrogen and oxygen atoms in total. The molecule has 1 aliphatic rings. The number of aromatic nitrogens is 2. The van der Waals surface area contributed by atoms with Gasteiger partial charge in [0.25, 0.3) is 0 Å². The molecule has 0 spiro atoms. The van der Waals surface area contributed by atoms with Crippen LogP contribution in [0.5, 0.6) is 0 Å². The molecule has 0 radical (unpaired) electrons. The monoisotopic (exact) mass is 329 g/mol. The molecular formula is C16H28ClN3S. The van der Waals surface area contributed by atoms with E-state index in [2.05, 4.69) is 47.6 Å². The molecule has 0 aliphatic carbocycles. The first kappa shape index (κ1) is 17.2. The largest absolute Gasteiger partial charge is 0.313 e. The van der Waals surface area contributed by atoms with Gasteiger partial charge in [0.2, 0.25) is 0 Å². The van der Waals surface area contributed by atoms with E-state index in [4.69, 9.17) is 11.6 Å². The quantitative estimate of drug-likeness (QED) is 0.822. The van der Waals surface area contributed by atoms with Crippen LogP contribution in [0.1, 0.15) is 51.4 Å². The fourth-order valence-corrected chi connectivity index (χ4v) is 4.88. The fraction of sp³-hybridized carbons (Fsp3) is 0.812. The summed E-state index contributed by atoms with van der Waals surface area (Å²) < 4.78 is 2.10. The summed E-state index contributed by atoms with van der Waals surface area (Å²) in [5.41, 5.74) is 2.26. The van der Waals surface area contributed by atoms with Crippen LogP contribution in [-0.4, -0.2) is 33.4 Å². The fourth-order valence-electron chi connectivity index (χ4n) is 3.10. The Hall–Kier alpha value is -0.190. The van der Waals surface area contributed by atoms with Crippen molar-refractivity contribution in [2.45, 2.75) is 70.7 Å². The van der Waals surface area contributed by atoms with Crippen molar-refractivity contribution >= 4 is 23.4 Å². The molecule has 21 heavy (non-hydrogen) atoms. The average molecular weight is 330 g/mol. The summed E-state index contributed by atoms with van der Waals surface area (Å²) in [4.78, 5) is 0. The van der Waals surface area contributed by atoms with E-state index in [9.17, 15) is 0 Å². The molecule has 1 saturated heterocycles. The average Bonchev–Trinajstić information content (AvgIpc) is 2.83. The van der Waals surface area contributed by atoms with Crippen LogP contribution < -0.4 is 5.32 Å². The number of rotatable bonds is 7. The predicted octanol–water partition coefficient (Wildman–Crippen LogP) is 3.93. The summed E-state index contributed by atoms with van der Waals surface area (Å²) in [6.45, 7) is 8.36. The van der Waals surface area contributed by atoms with E-state index in [1.165, 1.54) is 30.7 Å². The van der Waals surface area contributed by atoms with Gasteiger partial charge in [0.05, 0.1) is 16.4 Å². The molecule has 1 aliphatic heterocycles. The van der Waals surface area contributed by atoms with Gasteiger partial charge in [0, 0.05) is 24.3 Å². The van der Waals surface area contributed by atoms with Crippen LogP contribution in [0.4, 0.5) is 0 Å². The summed E-state index contributed by atoms with van der Waals surface area (Å²) in [7, 11) is 0. The summed E-state index contributed by atoms with van der Waals surface area (Å²) in [6, 6.07) is 0.504. The highest BCUT2D eigenvalue weighted by molar-refractivity contribution is 8.00. The van der Waals surface area contributed by atoms with Crippen LogP contribution in [0.2, 0.25) is 5.02 Å². The Kier molecular flexibility index (Phi) is 6.90. The number of nitrogens with zero attached hydrogens (tertiary/aromatic N) is 2. The van der Waals surface area contributed by atoms with E-state index in [0.717, 1.165) is 36.6 Å². The highest BCUT2D eigenvalue weighted by Gasteiger charge is 2.26. The number of thioether (sulfide) groups is 1. The Labute approximate surface area is 138 Å². The minimum atomic E-state index is 0.504. The van der Waals surface area contributed by atoms with Gasteiger partial charge in [0.15, 0.2) is 0 Å². The van der Waals surface area contributed by atoms with E-state index in [-0.39, 0.29) is 0 Å². The van der Waals surface area contributed by atoms with E-state index in [1.807, 2.05) is 0 Å². The lowest BCUT2D eigenvalue weighted by Crippen LogP contribution is -2.41. The van der Waals surface area contributed by atoms with Crippen LogP contribution in [0, 0.1) is 0 Å². The lowest BCUT2D eigenvalue weighted by molar-refractivity contribution is 0.456. The molecule has 2 atom stereocenters. The van der Waals surface area contributed by atoms with Crippen molar-refractivity contribution in [2.24, 2.45) is 0 Å². The first-order chi connectivity index (χ1) is 10.2. The molecule has 5 heteroatoms. The molecule has 1 aromatic rings. The lowest BCUT2D eigenvalue weighted by Gasteiger charge is -2.30. The topological polar surface area (TPSA) is 29.9 Å². The zero-order chi connectivity index (χ0) is 15.2. The van der Waals surface area contributed by atoms with Gasteiger partial charge in [-0.3, -0.25) is 4.68 Å². The SMILES string of the molecule is CCNC(Cc1c(Cl)c(CC)nn1CC)C1CCCCS1. The molecule has 0 saturated carbocycles. The van der Waals surface area contributed by atoms with Crippen molar-refractivity contribution < 1.29 is 0 Å². The van der Waals surface area contributed by atoms with Gasteiger partial charge in [0.1, 0.15) is 0 Å². The van der Waals surface area contributed by atoms with Crippen molar-refractivity contribution in [3.8, 4) is 0 Å². The zero-order valence-electron chi connectivity index (χ0n) is 13.5. The maximum absolute atomic E-state index is 6.57. The maximum Gasteiger partial charge on any atom is 0.0850 e. The maximum atomic E-state index is 6.57. The smallest absolute Gasteiger partial charge is 0.0850 e. The van der Waals surface area contributed by atoms with Crippen molar-refractivity contribution in [1.29, 1.82) is 0 Å². The second kappa shape index (κ2) is 8.44. The summed E-state index contributed by atoms with van der Waals surface area (Å²) >= 11 is 8.70. The molecular weight excluding hydrogens is 302 g/mol. The van der Waals surface area contributed by atoms with Crippen molar-refractivity contribution in [1.82, 2.24) is 15.1 Å². The second-order valence-electron chi connectivity index (χ2n) is 5.65. The Balaban J connectivity index is 2.17. The van der Waals surface area contributed by atoms with Gasteiger partial charge < -0.3 is 5.32 Å².